The molecule has 0 N–H and O–H groups in total. The molecular weight excluding hydrogens is 922 g/mol. The number of anilines is 8. The van der Waals surface area contributed by atoms with Crippen LogP contribution in [0, 0.1) is 6.92 Å². The smallest absolute Gasteiger partial charge is 0.252 e. The van der Waals surface area contributed by atoms with Crippen LogP contribution >= 0.6 is 22.7 Å². The molecule has 1 saturated carbocycles. The number of aryl methyl sites for hydroxylation is 1. The van der Waals surface area contributed by atoms with Gasteiger partial charge in [0.15, 0.2) is 0 Å². The average Bonchev–Trinajstić information content (AvgIpc) is 4.04. The van der Waals surface area contributed by atoms with Gasteiger partial charge in [-0.1, -0.05) is 144 Å². The van der Waals surface area contributed by atoms with Crippen LogP contribution in [0.2, 0.25) is 0 Å². The Balaban J connectivity index is 1.03. The van der Waals surface area contributed by atoms with Gasteiger partial charge in [-0.2, -0.15) is 0 Å². The molecule has 354 valence electrons. The molecule has 3 aliphatic heterocycles. The normalized spacial score (nSPS) is 18.9. The van der Waals surface area contributed by atoms with Gasteiger partial charge in [0.25, 0.3) is 6.71 Å². The summed E-state index contributed by atoms with van der Waals surface area (Å²) in [6.07, 6.45) is 4.83. The van der Waals surface area contributed by atoms with Crippen molar-refractivity contribution in [2.24, 2.45) is 0 Å². The molecule has 9 aromatic carbocycles. The van der Waals surface area contributed by atoms with E-state index in [1.165, 1.54) is 149 Å². The Morgan fingerprint density at radius 1 is 0.479 bits per heavy atom. The van der Waals surface area contributed by atoms with Crippen LogP contribution in [-0.4, -0.2) is 12.3 Å². The van der Waals surface area contributed by atoms with Crippen LogP contribution in [0.4, 0.5) is 45.5 Å². The van der Waals surface area contributed by atoms with Gasteiger partial charge in [-0.05, 0) is 155 Å². The molecule has 0 radical (unpaired) electrons. The molecule has 2 aromatic heterocycles. The lowest BCUT2D eigenvalue weighted by Crippen LogP contribution is -2.61. The Bertz CT molecular complexity index is 4120. The first-order valence-corrected chi connectivity index (χ1v) is 28.0. The van der Waals surface area contributed by atoms with Crippen molar-refractivity contribution < 1.29 is 0 Å². The van der Waals surface area contributed by atoms with E-state index in [4.69, 9.17) is 0 Å². The molecule has 0 bridgehead atoms. The van der Waals surface area contributed by atoms with Gasteiger partial charge in [0, 0.05) is 85.6 Å². The van der Waals surface area contributed by atoms with E-state index < -0.39 is 0 Å². The third kappa shape index (κ3) is 6.11. The zero-order chi connectivity index (χ0) is 49.1. The Morgan fingerprint density at radius 2 is 1.16 bits per heavy atom. The number of rotatable bonds is 4. The third-order valence-corrected chi connectivity index (χ3v) is 20.1. The van der Waals surface area contributed by atoms with Crippen LogP contribution in [0.15, 0.2) is 182 Å². The van der Waals surface area contributed by atoms with Crippen molar-refractivity contribution in [1.82, 2.24) is 0 Å². The first kappa shape index (κ1) is 43.5. The van der Waals surface area contributed by atoms with Gasteiger partial charge in [-0.15, -0.1) is 22.7 Å². The van der Waals surface area contributed by atoms with Gasteiger partial charge in [-0.25, -0.2) is 0 Å². The van der Waals surface area contributed by atoms with Gasteiger partial charge < -0.3 is 14.7 Å². The van der Waals surface area contributed by atoms with Gasteiger partial charge >= 0.3 is 0 Å². The molecule has 1 aliphatic carbocycles. The second-order valence-electron chi connectivity index (χ2n) is 22.9. The van der Waals surface area contributed by atoms with E-state index >= 15 is 0 Å². The monoisotopic (exact) mass is 977 g/mol. The van der Waals surface area contributed by atoms with Crippen molar-refractivity contribution >= 4 is 132 Å². The van der Waals surface area contributed by atoms with Crippen molar-refractivity contribution in [2.45, 2.75) is 83.6 Å². The standard InChI is InChI=1S/C67H56BN3S2/c1-41-35-57-64-58(36-41)70(55-21-16-24-62-63(55)48-20-11-13-23-60(48)73-62)54-30-25-43(42-17-8-7-9-18-42)37-52(54)68(64)51-29-27-46(40-56(51)69(57)45-28-32-61-49(39-45)47-19-10-12-22-59(47)72-61)71-53-31-26-44(65(2,3)4)38-50(53)66(5)33-14-15-34-67(66,71)6/h7-13,16-32,35-40H,14-15,33-34H2,1-6H3. The predicted octanol–water partition coefficient (Wildman–Crippen LogP) is 17.5. The summed E-state index contributed by atoms with van der Waals surface area (Å²) < 4.78 is 5.27. The van der Waals surface area contributed by atoms with E-state index in [0.717, 1.165) is 6.42 Å². The van der Waals surface area contributed by atoms with Crippen LogP contribution in [0.3, 0.4) is 0 Å². The Kier molecular flexibility index (Phi) is 9.20. The van der Waals surface area contributed by atoms with Crippen molar-refractivity contribution in [3.8, 4) is 11.1 Å². The fraction of sp³-hybridized carbons (Fsp3) is 0.194. The summed E-state index contributed by atoms with van der Waals surface area (Å²) in [4.78, 5) is 8.06. The molecule has 11 aromatic rings. The number of thiophene rings is 2. The molecule has 15 rings (SSSR count). The number of hydrogen-bond donors (Lipinski definition) is 0. The summed E-state index contributed by atoms with van der Waals surface area (Å²) in [5.74, 6) is 0. The van der Waals surface area contributed by atoms with Crippen LogP contribution in [0.25, 0.3) is 51.5 Å². The second kappa shape index (κ2) is 15.5. The molecule has 1 fully saturated rings. The number of hydrogen-bond acceptors (Lipinski definition) is 5. The van der Waals surface area contributed by atoms with Gasteiger partial charge in [0.2, 0.25) is 0 Å². The zero-order valence-corrected chi connectivity index (χ0v) is 44.0. The third-order valence-electron chi connectivity index (χ3n) is 17.8. The minimum absolute atomic E-state index is 0.0112. The number of benzene rings is 9. The van der Waals surface area contributed by atoms with Gasteiger partial charge in [0.1, 0.15) is 0 Å². The van der Waals surface area contributed by atoms with Crippen molar-refractivity contribution in [3.63, 3.8) is 0 Å². The van der Waals surface area contributed by atoms with Crippen LogP contribution in [0.5, 0.6) is 0 Å². The highest BCUT2D eigenvalue weighted by Crippen LogP contribution is 2.62. The van der Waals surface area contributed by atoms with E-state index in [0.29, 0.717) is 0 Å². The van der Waals surface area contributed by atoms with E-state index in [-0.39, 0.29) is 23.1 Å². The van der Waals surface area contributed by atoms with E-state index in [9.17, 15) is 0 Å². The van der Waals surface area contributed by atoms with E-state index in [1.54, 1.807) is 0 Å². The molecule has 4 aliphatic rings. The van der Waals surface area contributed by atoms with Gasteiger partial charge in [-0.3, -0.25) is 0 Å². The van der Waals surface area contributed by atoms with E-state index in [1.807, 2.05) is 22.7 Å². The lowest BCUT2D eigenvalue weighted by molar-refractivity contribution is 0.195. The minimum atomic E-state index is -0.0939. The van der Waals surface area contributed by atoms with Crippen LogP contribution < -0.4 is 31.1 Å². The maximum atomic E-state index is 2.79. The highest BCUT2D eigenvalue weighted by molar-refractivity contribution is 7.26. The van der Waals surface area contributed by atoms with E-state index in [2.05, 4.69) is 238 Å². The average molecular weight is 978 g/mol. The maximum Gasteiger partial charge on any atom is 0.252 e. The Labute approximate surface area is 437 Å². The summed E-state index contributed by atoms with van der Waals surface area (Å²) in [7, 11) is 0. The lowest BCUT2D eigenvalue weighted by Gasteiger charge is -2.50. The molecular formula is C67H56BN3S2. The molecule has 0 saturated heterocycles. The first-order valence-electron chi connectivity index (χ1n) is 26.3. The Hall–Kier alpha value is -7.12. The highest BCUT2D eigenvalue weighted by Gasteiger charge is 2.58. The fourth-order valence-electron chi connectivity index (χ4n) is 14.0. The zero-order valence-electron chi connectivity index (χ0n) is 42.4. The lowest BCUT2D eigenvalue weighted by atomic mass is 9.33. The van der Waals surface area contributed by atoms with Crippen LogP contribution in [0.1, 0.15) is 77.0 Å². The summed E-state index contributed by atoms with van der Waals surface area (Å²) in [5.41, 5.74) is 20.7. The highest BCUT2D eigenvalue weighted by atomic mass is 32.1. The maximum absolute atomic E-state index is 2.79. The summed E-state index contributed by atoms with van der Waals surface area (Å²) in [5, 5.41) is 5.24. The SMILES string of the molecule is Cc1cc2c3c(c1)N(c1cccc4sc5ccccc5c14)c1ccc(-c4ccccc4)cc1B3c1ccc(N3c4ccc(C(C)(C)C)cc4C4(C)CCCCC34C)cc1N2c1ccc2sc3ccccc3c2c1. The molecule has 3 nitrogen and oxygen atoms in total. The summed E-state index contributed by atoms with van der Waals surface area (Å²) in [6.45, 7) is 14.5. The topological polar surface area (TPSA) is 9.72 Å². The molecule has 6 heteroatoms. The van der Waals surface area contributed by atoms with Crippen molar-refractivity contribution in [2.75, 3.05) is 14.7 Å². The van der Waals surface area contributed by atoms with Gasteiger partial charge in [0.05, 0.1) is 11.2 Å². The predicted molar refractivity (Wildman–Crippen MR) is 318 cm³/mol. The molecule has 2 atom stereocenters. The number of nitrogens with zero attached hydrogens (tertiary/aromatic N) is 3. The molecule has 73 heavy (non-hydrogen) atoms. The second-order valence-corrected chi connectivity index (χ2v) is 25.0. The molecule has 0 amide bonds. The fourth-order valence-corrected chi connectivity index (χ4v) is 16.2. The minimum Gasteiger partial charge on any atom is -0.334 e. The number of fused-ring (bicyclic) bond motifs is 13. The van der Waals surface area contributed by atoms with Crippen molar-refractivity contribution in [1.29, 1.82) is 0 Å². The first-order chi connectivity index (χ1) is 35.5. The largest absolute Gasteiger partial charge is 0.334 e. The quantitative estimate of drug-likeness (QED) is 0.163. The Morgan fingerprint density at radius 3 is 1.99 bits per heavy atom. The summed E-state index contributed by atoms with van der Waals surface area (Å²) in [6, 6.07) is 70.4. The molecule has 2 unspecified atom stereocenters. The van der Waals surface area contributed by atoms with Crippen molar-refractivity contribution in [3.05, 3.63) is 199 Å². The summed E-state index contributed by atoms with van der Waals surface area (Å²) >= 11 is 3.78. The molecule has 5 heterocycles. The van der Waals surface area contributed by atoms with Crippen LogP contribution in [-0.2, 0) is 10.8 Å². The molecule has 0 spiro atoms.